The molecule has 4 N–H and O–H groups in total. The average molecular weight is 523 g/mol. The molecule has 11 heteroatoms. The molecule has 1 amide bonds. The van der Waals surface area contributed by atoms with Crippen molar-refractivity contribution in [3.8, 4) is 0 Å². The Morgan fingerprint density at radius 2 is 2.05 bits per heavy atom. The summed E-state index contributed by atoms with van der Waals surface area (Å²) < 4.78 is 14.8. The van der Waals surface area contributed by atoms with Crippen LogP contribution in [0.2, 0.25) is 0 Å². The smallest absolute Gasteiger partial charge is 0.239 e. The summed E-state index contributed by atoms with van der Waals surface area (Å²) in [4.78, 5) is 30.3. The molecule has 1 fully saturated rings. The van der Waals surface area contributed by atoms with E-state index in [-0.39, 0.29) is 11.7 Å². The van der Waals surface area contributed by atoms with Gasteiger partial charge in [0.1, 0.15) is 0 Å². The maximum atomic E-state index is 14.8. The number of nitrogens with zero attached hydrogens (tertiary/aromatic N) is 4. The van der Waals surface area contributed by atoms with Crippen LogP contribution in [0, 0.1) is 5.82 Å². The van der Waals surface area contributed by atoms with E-state index < -0.39 is 6.29 Å². The number of rotatable bonds is 7. The molecule has 1 saturated heterocycles. The van der Waals surface area contributed by atoms with Gasteiger partial charge in [0.15, 0.2) is 17.9 Å². The van der Waals surface area contributed by atoms with Crippen LogP contribution in [-0.4, -0.2) is 83.7 Å². The highest BCUT2D eigenvalue weighted by Gasteiger charge is 2.22. The summed E-state index contributed by atoms with van der Waals surface area (Å²) in [5.74, 6) is 0.106. The minimum Gasteiger partial charge on any atom is -0.357 e. The lowest BCUT2D eigenvalue weighted by Crippen LogP contribution is -2.47. The Hall–Kier alpha value is -3.41. The van der Waals surface area contributed by atoms with Crippen molar-refractivity contribution in [1.29, 1.82) is 0 Å². The Balaban J connectivity index is 1.36. The third kappa shape index (κ3) is 5.48. The summed E-state index contributed by atoms with van der Waals surface area (Å²) in [7, 11) is 2.09. The van der Waals surface area contributed by atoms with E-state index in [1.54, 1.807) is 18.3 Å². The molecule has 0 saturated carbocycles. The second kappa shape index (κ2) is 10.9. The zero-order chi connectivity index (χ0) is 25.9. The number of nitrogens with one attached hydrogen (secondary N) is 4. The molecule has 0 radical (unpaired) electrons. The fourth-order valence-electron chi connectivity index (χ4n) is 4.55. The van der Waals surface area contributed by atoms with E-state index in [1.807, 2.05) is 37.7 Å². The molecular weight excluding hydrogens is 491 g/mol. The number of piperazine rings is 1. The first-order valence-electron chi connectivity index (χ1n) is 12.2. The number of amides is 1. The van der Waals surface area contributed by atoms with Gasteiger partial charge >= 0.3 is 0 Å². The first kappa shape index (κ1) is 25.2. The average Bonchev–Trinajstić information content (AvgIpc) is 3.33. The molecule has 1 unspecified atom stereocenters. The van der Waals surface area contributed by atoms with Crippen LogP contribution < -0.4 is 16.0 Å². The van der Waals surface area contributed by atoms with Crippen LogP contribution in [0.4, 0.5) is 15.9 Å². The van der Waals surface area contributed by atoms with E-state index in [0.29, 0.717) is 22.9 Å². The van der Waals surface area contributed by atoms with Gasteiger partial charge in [-0.25, -0.2) is 14.4 Å². The molecule has 1 atom stereocenters. The lowest BCUT2D eigenvalue weighted by molar-refractivity contribution is -0.117. The summed E-state index contributed by atoms with van der Waals surface area (Å²) in [5.41, 5.74) is 3.71. The highest BCUT2D eigenvalue weighted by atomic mass is 32.2. The monoisotopic (exact) mass is 522 g/mol. The molecule has 0 aliphatic carbocycles. The maximum Gasteiger partial charge on any atom is 0.239 e. The molecule has 3 aromatic rings. The van der Waals surface area contributed by atoms with Crippen LogP contribution in [0.15, 0.2) is 58.3 Å². The fourth-order valence-corrected chi connectivity index (χ4v) is 5.05. The molecule has 5 rings (SSSR count). The summed E-state index contributed by atoms with van der Waals surface area (Å²) in [5, 5.41) is 10.2. The van der Waals surface area contributed by atoms with Crippen molar-refractivity contribution in [1.82, 2.24) is 25.1 Å². The van der Waals surface area contributed by atoms with Crippen molar-refractivity contribution in [2.24, 2.45) is 4.99 Å². The van der Waals surface area contributed by atoms with Gasteiger partial charge in [-0.3, -0.25) is 9.69 Å². The van der Waals surface area contributed by atoms with Crippen molar-refractivity contribution < 1.29 is 9.18 Å². The maximum absolute atomic E-state index is 14.8. The number of thioether (sulfide) groups is 1. The number of aliphatic imine (C=N–C) groups is 1. The molecule has 1 aromatic carbocycles. The molecule has 2 aliphatic rings. The number of pyridine rings is 1. The van der Waals surface area contributed by atoms with Crippen LogP contribution >= 0.6 is 11.8 Å². The van der Waals surface area contributed by atoms with Gasteiger partial charge in [-0.1, -0.05) is 6.07 Å². The van der Waals surface area contributed by atoms with Crippen molar-refractivity contribution in [2.45, 2.75) is 18.1 Å². The number of halogens is 1. The van der Waals surface area contributed by atoms with Crippen LogP contribution in [0.1, 0.15) is 12.5 Å². The number of H-pyrrole nitrogens is 1. The summed E-state index contributed by atoms with van der Waals surface area (Å²) in [6.07, 6.45) is 6.73. The van der Waals surface area contributed by atoms with Gasteiger partial charge in [0.25, 0.3) is 0 Å². The largest absolute Gasteiger partial charge is 0.357 e. The number of hydrogen-bond donors (Lipinski definition) is 4. The molecule has 2 aromatic heterocycles. The lowest BCUT2D eigenvalue weighted by Gasteiger charge is -2.31. The van der Waals surface area contributed by atoms with E-state index in [2.05, 4.69) is 42.8 Å². The van der Waals surface area contributed by atoms with Crippen molar-refractivity contribution >= 4 is 45.8 Å². The number of hydrogen-bond acceptors (Lipinski definition) is 8. The predicted molar refractivity (Wildman–Crippen MR) is 148 cm³/mol. The SMILES string of the molecule is CSc1cccc(NC2N=C(c3c[nH]c4c(NC(=O)CN5CCN(C)CC5)nccc34)C(C)=CN2)c1F. The van der Waals surface area contributed by atoms with Gasteiger partial charge in [0.05, 0.1) is 23.5 Å². The van der Waals surface area contributed by atoms with Gasteiger partial charge in [-0.05, 0) is 44.0 Å². The van der Waals surface area contributed by atoms with E-state index >= 15 is 0 Å². The van der Waals surface area contributed by atoms with Gasteiger partial charge in [0, 0.05) is 60.6 Å². The second-order valence-corrected chi connectivity index (χ2v) is 10.1. The van der Waals surface area contributed by atoms with E-state index in [0.717, 1.165) is 53.9 Å². The third-order valence-corrected chi connectivity index (χ3v) is 7.40. The Labute approximate surface area is 219 Å². The molecule has 0 bridgehead atoms. The van der Waals surface area contributed by atoms with Gasteiger partial charge in [-0.2, -0.15) is 0 Å². The molecule has 0 spiro atoms. The predicted octanol–water partition coefficient (Wildman–Crippen LogP) is 3.30. The third-order valence-electron chi connectivity index (χ3n) is 6.64. The number of likely N-dealkylation sites (N-methyl/N-ethyl adjacent to an activating group) is 1. The van der Waals surface area contributed by atoms with Crippen molar-refractivity contribution in [3.05, 3.63) is 59.8 Å². The summed E-state index contributed by atoms with van der Waals surface area (Å²) in [6, 6.07) is 7.17. The Kier molecular flexibility index (Phi) is 7.45. The van der Waals surface area contributed by atoms with Crippen LogP contribution in [-0.2, 0) is 4.79 Å². The standard InChI is InChI=1S/C26H31FN8OS/c1-16-13-30-26(31-19-5-4-6-20(37-3)22(19)27)33-23(16)18-14-29-24-17(18)7-8-28-25(24)32-21(36)15-35-11-9-34(2)10-12-35/h4-8,13-14,26,29-31H,9-12,15H2,1-3H3,(H,28,32,36). The Bertz CT molecular complexity index is 1360. The number of carbonyl (C=O) groups is 1. The zero-order valence-electron chi connectivity index (χ0n) is 21.1. The van der Waals surface area contributed by atoms with Crippen LogP contribution in [0.3, 0.4) is 0 Å². The number of carbonyl (C=O) groups excluding carboxylic acids is 1. The summed E-state index contributed by atoms with van der Waals surface area (Å²) >= 11 is 1.36. The minimum atomic E-state index is -0.542. The molecule has 9 nitrogen and oxygen atoms in total. The lowest BCUT2D eigenvalue weighted by atomic mass is 10.0. The second-order valence-electron chi connectivity index (χ2n) is 9.25. The van der Waals surface area contributed by atoms with E-state index in [1.165, 1.54) is 11.8 Å². The number of aromatic nitrogens is 2. The number of fused-ring (bicyclic) bond motifs is 1. The van der Waals surface area contributed by atoms with Crippen molar-refractivity contribution in [2.75, 3.05) is 56.7 Å². The highest BCUT2D eigenvalue weighted by Crippen LogP contribution is 2.28. The number of benzene rings is 1. The fraction of sp³-hybridized carbons (Fsp3) is 0.346. The molecule has 4 heterocycles. The highest BCUT2D eigenvalue weighted by molar-refractivity contribution is 7.98. The number of allylic oxidation sites excluding steroid dienone is 1. The minimum absolute atomic E-state index is 0.0882. The number of aromatic amines is 1. The van der Waals surface area contributed by atoms with Crippen LogP contribution in [0.5, 0.6) is 0 Å². The Morgan fingerprint density at radius 1 is 1.24 bits per heavy atom. The Morgan fingerprint density at radius 3 is 2.84 bits per heavy atom. The van der Waals surface area contributed by atoms with Crippen LogP contribution in [0.25, 0.3) is 10.9 Å². The first-order valence-corrected chi connectivity index (χ1v) is 13.4. The zero-order valence-corrected chi connectivity index (χ0v) is 22.0. The number of anilines is 2. The van der Waals surface area contributed by atoms with Gasteiger partial charge in [-0.15, -0.1) is 11.8 Å². The normalized spacial score (nSPS) is 18.8. The van der Waals surface area contributed by atoms with E-state index in [4.69, 9.17) is 4.99 Å². The van der Waals surface area contributed by atoms with E-state index in [9.17, 15) is 9.18 Å². The molecule has 2 aliphatic heterocycles. The van der Waals surface area contributed by atoms with Crippen molar-refractivity contribution in [3.63, 3.8) is 0 Å². The first-order chi connectivity index (χ1) is 17.9. The molecule has 194 valence electrons. The molecular formula is C26H31FN8OS. The summed E-state index contributed by atoms with van der Waals surface area (Å²) in [6.45, 7) is 5.95. The van der Waals surface area contributed by atoms with Gasteiger partial charge in [0.2, 0.25) is 5.91 Å². The molecule has 37 heavy (non-hydrogen) atoms. The van der Waals surface area contributed by atoms with Gasteiger partial charge < -0.3 is 25.8 Å². The quantitative estimate of drug-likeness (QED) is 0.353. The topological polar surface area (TPSA) is 101 Å².